The highest BCUT2D eigenvalue weighted by molar-refractivity contribution is 5.97. The highest BCUT2D eigenvalue weighted by atomic mass is 16.5. The minimum atomic E-state index is -0.301. The van der Waals surface area contributed by atoms with Crippen LogP contribution in [0.5, 0.6) is 11.5 Å². The molecule has 0 spiro atoms. The number of rotatable bonds is 8. The third-order valence-corrected chi connectivity index (χ3v) is 5.20. The Hall–Kier alpha value is -2.97. The molecule has 2 N–H and O–H groups in total. The fourth-order valence-corrected chi connectivity index (χ4v) is 3.70. The molecule has 3 rings (SSSR count). The molecule has 2 saturated heterocycles. The maximum Gasteiger partial charge on any atom is 0.315 e. The Morgan fingerprint density at radius 1 is 1.17 bits per heavy atom. The van der Waals surface area contributed by atoms with Gasteiger partial charge in [-0.1, -0.05) is 0 Å². The summed E-state index contributed by atoms with van der Waals surface area (Å²) < 4.78 is 10.5. The third-order valence-electron chi connectivity index (χ3n) is 5.20. The first-order valence-electron chi connectivity index (χ1n) is 9.86. The molecule has 2 fully saturated rings. The molecule has 2 aliphatic heterocycles. The number of carbonyl (C=O) groups excluding carboxylic acids is 3. The minimum Gasteiger partial charge on any atom is -0.493 e. The normalized spacial score (nSPS) is 18.9. The second-order valence-electron chi connectivity index (χ2n) is 7.18. The Morgan fingerprint density at radius 2 is 1.97 bits per heavy atom. The molecule has 0 aromatic heterocycles. The molecule has 9 nitrogen and oxygen atoms in total. The first-order chi connectivity index (χ1) is 14.0. The number of likely N-dealkylation sites (tertiary alicyclic amines) is 1. The molecule has 0 saturated carbocycles. The van der Waals surface area contributed by atoms with Crippen molar-refractivity contribution in [2.45, 2.75) is 31.7 Å². The molecule has 158 valence electrons. The number of amides is 4. The molecule has 4 amide bonds. The molecule has 1 aromatic carbocycles. The van der Waals surface area contributed by atoms with Crippen LogP contribution in [0.1, 0.15) is 25.7 Å². The van der Waals surface area contributed by atoms with Crippen molar-refractivity contribution < 1.29 is 23.9 Å². The predicted octanol–water partition coefficient (Wildman–Crippen LogP) is 1.12. The van der Waals surface area contributed by atoms with E-state index in [9.17, 15) is 14.4 Å². The van der Waals surface area contributed by atoms with Crippen molar-refractivity contribution in [3.63, 3.8) is 0 Å². The number of anilines is 1. The summed E-state index contributed by atoms with van der Waals surface area (Å²) in [6, 6.07) is 4.72. The summed E-state index contributed by atoms with van der Waals surface area (Å²) in [5.74, 6) is 1.26. The van der Waals surface area contributed by atoms with Crippen LogP contribution >= 0.6 is 0 Å². The zero-order valence-corrected chi connectivity index (χ0v) is 16.9. The van der Waals surface area contributed by atoms with E-state index in [0.717, 1.165) is 13.0 Å². The summed E-state index contributed by atoms with van der Waals surface area (Å²) in [5.41, 5.74) is 0.702. The average molecular weight is 404 g/mol. The van der Waals surface area contributed by atoms with Gasteiger partial charge in [-0.3, -0.25) is 9.59 Å². The summed E-state index contributed by atoms with van der Waals surface area (Å²) in [4.78, 5) is 39.6. The lowest BCUT2D eigenvalue weighted by atomic mass is 10.2. The summed E-state index contributed by atoms with van der Waals surface area (Å²) in [5, 5.41) is 5.65. The highest BCUT2D eigenvalue weighted by Crippen LogP contribution is 2.33. The van der Waals surface area contributed by atoms with E-state index in [1.807, 2.05) is 4.90 Å². The molecule has 1 unspecified atom stereocenters. The summed E-state index contributed by atoms with van der Waals surface area (Å²) in [7, 11) is 3.10. The lowest BCUT2D eigenvalue weighted by Gasteiger charge is -2.19. The molecule has 2 aliphatic rings. The van der Waals surface area contributed by atoms with Crippen LogP contribution in [-0.4, -0.2) is 69.2 Å². The van der Waals surface area contributed by atoms with Crippen molar-refractivity contribution in [2.75, 3.05) is 45.3 Å². The SMILES string of the molecule is COc1ccc(N2CC(NC(=O)NCCCN3CCCC3=O)CC2=O)cc1OC. The van der Waals surface area contributed by atoms with Gasteiger partial charge in [0.05, 0.1) is 20.3 Å². The number of methoxy groups -OCH3 is 2. The number of nitrogens with one attached hydrogen (secondary N) is 2. The summed E-state index contributed by atoms with van der Waals surface area (Å²) >= 11 is 0. The fourth-order valence-electron chi connectivity index (χ4n) is 3.70. The number of urea groups is 1. The Bertz CT molecular complexity index is 769. The van der Waals surface area contributed by atoms with E-state index in [1.165, 1.54) is 0 Å². The van der Waals surface area contributed by atoms with Crippen LogP contribution in [-0.2, 0) is 9.59 Å². The zero-order valence-electron chi connectivity index (χ0n) is 16.9. The van der Waals surface area contributed by atoms with Crippen LogP contribution in [0.4, 0.5) is 10.5 Å². The topological polar surface area (TPSA) is 100 Å². The molecule has 1 atom stereocenters. The largest absolute Gasteiger partial charge is 0.493 e. The van der Waals surface area contributed by atoms with E-state index >= 15 is 0 Å². The lowest BCUT2D eigenvalue weighted by molar-refractivity contribution is -0.127. The van der Waals surface area contributed by atoms with Crippen LogP contribution in [0.15, 0.2) is 18.2 Å². The monoisotopic (exact) mass is 404 g/mol. The first kappa shape index (κ1) is 20.8. The first-order valence-corrected chi connectivity index (χ1v) is 9.86. The van der Waals surface area contributed by atoms with Crippen molar-refractivity contribution in [2.24, 2.45) is 0 Å². The Kier molecular flexibility index (Phi) is 6.79. The van der Waals surface area contributed by atoms with E-state index in [0.29, 0.717) is 49.7 Å². The molecular formula is C20H28N4O5. The third kappa shape index (κ3) is 5.10. The quantitative estimate of drug-likeness (QED) is 0.633. The van der Waals surface area contributed by atoms with E-state index in [1.54, 1.807) is 37.3 Å². The minimum absolute atomic E-state index is 0.0601. The Balaban J connectivity index is 1.45. The van der Waals surface area contributed by atoms with Crippen LogP contribution < -0.4 is 25.0 Å². The highest BCUT2D eigenvalue weighted by Gasteiger charge is 2.32. The molecule has 29 heavy (non-hydrogen) atoms. The second kappa shape index (κ2) is 9.49. The fraction of sp³-hybridized carbons (Fsp3) is 0.550. The van der Waals surface area contributed by atoms with Gasteiger partial charge in [-0.2, -0.15) is 0 Å². The van der Waals surface area contributed by atoms with Crippen LogP contribution in [0.2, 0.25) is 0 Å². The number of hydrogen-bond acceptors (Lipinski definition) is 5. The number of ether oxygens (including phenoxy) is 2. The van der Waals surface area contributed by atoms with Gasteiger partial charge in [0.15, 0.2) is 11.5 Å². The van der Waals surface area contributed by atoms with Crippen molar-refractivity contribution >= 4 is 23.5 Å². The molecule has 2 heterocycles. The van der Waals surface area contributed by atoms with Gasteiger partial charge in [0.2, 0.25) is 11.8 Å². The van der Waals surface area contributed by atoms with E-state index in [2.05, 4.69) is 10.6 Å². The van der Waals surface area contributed by atoms with Gasteiger partial charge in [0.1, 0.15) is 0 Å². The van der Waals surface area contributed by atoms with Crippen molar-refractivity contribution in [3.8, 4) is 11.5 Å². The predicted molar refractivity (Wildman–Crippen MR) is 107 cm³/mol. The number of carbonyl (C=O) groups is 3. The standard InChI is InChI=1S/C20H28N4O5/c1-28-16-7-6-15(12-17(16)29-2)24-13-14(11-19(24)26)22-20(27)21-8-4-10-23-9-3-5-18(23)25/h6-7,12,14H,3-5,8-11,13H2,1-2H3,(H2,21,22,27). The zero-order chi connectivity index (χ0) is 20.8. The maximum atomic E-state index is 12.4. The number of hydrogen-bond donors (Lipinski definition) is 2. The van der Waals surface area contributed by atoms with Crippen LogP contribution in [0, 0.1) is 0 Å². The van der Waals surface area contributed by atoms with E-state index in [4.69, 9.17) is 9.47 Å². The number of benzene rings is 1. The molecule has 0 aliphatic carbocycles. The molecule has 0 bridgehead atoms. The van der Waals surface area contributed by atoms with Gasteiger partial charge >= 0.3 is 6.03 Å². The Labute approximate surface area is 170 Å². The van der Waals surface area contributed by atoms with Crippen molar-refractivity contribution in [1.82, 2.24) is 15.5 Å². The van der Waals surface area contributed by atoms with E-state index in [-0.39, 0.29) is 30.3 Å². The van der Waals surface area contributed by atoms with Gasteiger partial charge < -0.3 is 29.9 Å². The van der Waals surface area contributed by atoms with Crippen LogP contribution in [0.25, 0.3) is 0 Å². The smallest absolute Gasteiger partial charge is 0.315 e. The molecule has 0 radical (unpaired) electrons. The van der Waals surface area contributed by atoms with Crippen molar-refractivity contribution in [3.05, 3.63) is 18.2 Å². The van der Waals surface area contributed by atoms with Crippen LogP contribution in [0.3, 0.4) is 0 Å². The maximum absolute atomic E-state index is 12.4. The molecular weight excluding hydrogens is 376 g/mol. The lowest BCUT2D eigenvalue weighted by Crippen LogP contribution is -2.44. The summed E-state index contributed by atoms with van der Waals surface area (Å²) in [6.45, 7) is 2.34. The summed E-state index contributed by atoms with van der Waals surface area (Å²) in [6.07, 6.45) is 2.49. The molecule has 9 heteroatoms. The Morgan fingerprint density at radius 3 is 2.66 bits per heavy atom. The average Bonchev–Trinajstić information content (AvgIpc) is 3.29. The second-order valence-corrected chi connectivity index (χ2v) is 7.18. The van der Waals surface area contributed by atoms with Gasteiger partial charge in [0, 0.05) is 50.8 Å². The number of nitrogens with zero attached hydrogens (tertiary/aromatic N) is 2. The van der Waals surface area contributed by atoms with E-state index < -0.39 is 0 Å². The van der Waals surface area contributed by atoms with Gasteiger partial charge in [-0.05, 0) is 25.0 Å². The van der Waals surface area contributed by atoms with Gasteiger partial charge in [-0.15, -0.1) is 0 Å². The van der Waals surface area contributed by atoms with Crippen molar-refractivity contribution in [1.29, 1.82) is 0 Å². The molecule has 1 aromatic rings. The van der Waals surface area contributed by atoms with Gasteiger partial charge in [0.25, 0.3) is 0 Å². The van der Waals surface area contributed by atoms with Gasteiger partial charge in [-0.25, -0.2) is 4.79 Å².